The average molecular weight is 238 g/mol. The van der Waals surface area contributed by atoms with E-state index in [0.717, 1.165) is 18.5 Å². The van der Waals surface area contributed by atoms with Crippen LogP contribution in [0.1, 0.15) is 57.2 Å². The van der Waals surface area contributed by atoms with Crippen LogP contribution < -0.4 is 0 Å². The maximum absolute atomic E-state index is 11.8. The van der Waals surface area contributed by atoms with Crippen LogP contribution >= 0.6 is 0 Å². The van der Waals surface area contributed by atoms with Crippen molar-refractivity contribution in [1.82, 2.24) is 9.78 Å². The Kier molecular flexibility index (Phi) is 4.32. The molecule has 1 rings (SSSR count). The van der Waals surface area contributed by atoms with Crippen molar-refractivity contribution >= 4 is 5.97 Å². The van der Waals surface area contributed by atoms with Crippen LogP contribution in [0.25, 0.3) is 0 Å². The van der Waals surface area contributed by atoms with Crippen LogP contribution in [0.5, 0.6) is 0 Å². The summed E-state index contributed by atoms with van der Waals surface area (Å²) in [6, 6.07) is 1.84. The van der Waals surface area contributed by atoms with Gasteiger partial charge in [0.05, 0.1) is 17.8 Å². The van der Waals surface area contributed by atoms with E-state index >= 15 is 0 Å². The Morgan fingerprint density at radius 3 is 2.53 bits per heavy atom. The molecule has 4 heteroatoms. The van der Waals surface area contributed by atoms with Crippen LogP contribution in [0.2, 0.25) is 0 Å². The van der Waals surface area contributed by atoms with E-state index in [1.807, 2.05) is 33.8 Å². The summed E-state index contributed by atoms with van der Waals surface area (Å²) in [5.74, 6) is -0.294. The summed E-state index contributed by atoms with van der Waals surface area (Å²) >= 11 is 0. The molecule has 0 unspecified atom stereocenters. The van der Waals surface area contributed by atoms with Crippen molar-refractivity contribution in [3.8, 4) is 0 Å². The third-order valence-corrected chi connectivity index (χ3v) is 2.39. The normalized spacial score (nSPS) is 11.6. The fourth-order valence-corrected chi connectivity index (χ4v) is 1.67. The van der Waals surface area contributed by atoms with Crippen molar-refractivity contribution in [3.05, 3.63) is 17.5 Å². The van der Waals surface area contributed by atoms with E-state index < -0.39 is 0 Å². The van der Waals surface area contributed by atoms with Gasteiger partial charge in [-0.05, 0) is 40.2 Å². The minimum absolute atomic E-state index is 0.214. The van der Waals surface area contributed by atoms with Crippen LogP contribution in [0.4, 0.5) is 0 Å². The molecule has 0 fully saturated rings. The van der Waals surface area contributed by atoms with Crippen LogP contribution in [-0.4, -0.2) is 22.4 Å². The standard InChI is InChI=1S/C13H22N2O2/c1-6-8-10-9-11(12(16)17-7-2)15(14-10)13(3,4)5/h9H,6-8H2,1-5H3. The van der Waals surface area contributed by atoms with E-state index in [9.17, 15) is 4.79 Å². The second-order valence-corrected chi connectivity index (χ2v) is 5.07. The molecule has 0 spiro atoms. The number of nitrogens with zero attached hydrogens (tertiary/aromatic N) is 2. The topological polar surface area (TPSA) is 44.1 Å². The number of ether oxygens (including phenoxy) is 1. The zero-order valence-electron chi connectivity index (χ0n) is 11.4. The quantitative estimate of drug-likeness (QED) is 0.758. The fraction of sp³-hybridized carbons (Fsp3) is 0.692. The van der Waals surface area contributed by atoms with Crippen LogP contribution in [0.3, 0.4) is 0 Å². The zero-order valence-corrected chi connectivity index (χ0v) is 11.4. The van der Waals surface area contributed by atoms with E-state index in [1.165, 1.54) is 0 Å². The van der Waals surface area contributed by atoms with E-state index in [-0.39, 0.29) is 11.5 Å². The van der Waals surface area contributed by atoms with Crippen LogP contribution in [0.15, 0.2) is 6.07 Å². The molecule has 0 aromatic carbocycles. The van der Waals surface area contributed by atoms with Gasteiger partial charge in [0.15, 0.2) is 0 Å². The highest BCUT2D eigenvalue weighted by molar-refractivity contribution is 5.87. The minimum atomic E-state index is -0.294. The molecule has 0 saturated carbocycles. The van der Waals surface area contributed by atoms with Gasteiger partial charge in [0.1, 0.15) is 5.69 Å². The molecule has 0 N–H and O–H groups in total. The van der Waals surface area contributed by atoms with Crippen molar-refractivity contribution in [2.24, 2.45) is 0 Å². The minimum Gasteiger partial charge on any atom is -0.461 e. The summed E-state index contributed by atoms with van der Waals surface area (Å²) in [5, 5.41) is 4.49. The number of esters is 1. The van der Waals surface area contributed by atoms with Gasteiger partial charge in [0.25, 0.3) is 0 Å². The van der Waals surface area contributed by atoms with Gasteiger partial charge in [-0.2, -0.15) is 5.10 Å². The first-order valence-electron chi connectivity index (χ1n) is 6.16. The van der Waals surface area contributed by atoms with Crippen molar-refractivity contribution in [1.29, 1.82) is 0 Å². The molecule has 0 saturated heterocycles. The van der Waals surface area contributed by atoms with Crippen LogP contribution in [-0.2, 0) is 16.7 Å². The van der Waals surface area contributed by atoms with Gasteiger partial charge in [-0.25, -0.2) is 4.79 Å². The summed E-state index contributed by atoms with van der Waals surface area (Å²) in [5.41, 5.74) is 1.28. The Morgan fingerprint density at radius 2 is 2.06 bits per heavy atom. The fourth-order valence-electron chi connectivity index (χ4n) is 1.67. The highest BCUT2D eigenvalue weighted by Crippen LogP contribution is 2.19. The molecule has 0 amide bonds. The van der Waals surface area contributed by atoms with E-state index in [1.54, 1.807) is 4.68 Å². The van der Waals surface area contributed by atoms with E-state index in [2.05, 4.69) is 12.0 Å². The Hall–Kier alpha value is -1.32. The number of hydrogen-bond acceptors (Lipinski definition) is 3. The molecule has 0 aliphatic heterocycles. The third-order valence-electron chi connectivity index (χ3n) is 2.39. The summed E-state index contributed by atoms with van der Waals surface area (Å²) in [6.07, 6.45) is 1.90. The predicted molar refractivity (Wildman–Crippen MR) is 67.2 cm³/mol. The molecular weight excluding hydrogens is 216 g/mol. The highest BCUT2D eigenvalue weighted by atomic mass is 16.5. The zero-order chi connectivity index (χ0) is 13.1. The molecule has 0 aliphatic carbocycles. The van der Waals surface area contributed by atoms with E-state index in [4.69, 9.17) is 4.74 Å². The Bertz CT molecular complexity index is 389. The number of aryl methyl sites for hydroxylation is 1. The van der Waals surface area contributed by atoms with Gasteiger partial charge >= 0.3 is 5.97 Å². The molecule has 0 atom stereocenters. The first kappa shape index (κ1) is 13.7. The largest absolute Gasteiger partial charge is 0.461 e. The van der Waals surface area contributed by atoms with Gasteiger partial charge in [-0.3, -0.25) is 4.68 Å². The molecule has 1 heterocycles. The molecule has 4 nitrogen and oxygen atoms in total. The monoisotopic (exact) mass is 238 g/mol. The summed E-state index contributed by atoms with van der Waals surface area (Å²) in [4.78, 5) is 11.8. The third kappa shape index (κ3) is 3.32. The summed E-state index contributed by atoms with van der Waals surface area (Å²) in [7, 11) is 0. The molecule has 1 aromatic rings. The van der Waals surface area contributed by atoms with Gasteiger partial charge in [0, 0.05) is 0 Å². The van der Waals surface area contributed by atoms with Crippen molar-refractivity contribution in [2.45, 2.75) is 53.0 Å². The number of aromatic nitrogens is 2. The number of rotatable bonds is 4. The Labute approximate surface area is 103 Å². The molecule has 1 aromatic heterocycles. The lowest BCUT2D eigenvalue weighted by atomic mass is 10.1. The first-order chi connectivity index (χ1) is 7.90. The van der Waals surface area contributed by atoms with Gasteiger partial charge in [0.2, 0.25) is 0 Å². The molecule has 0 radical (unpaired) electrons. The lowest BCUT2D eigenvalue weighted by Crippen LogP contribution is -2.27. The predicted octanol–water partition coefficient (Wildman–Crippen LogP) is 2.77. The molecule has 0 aliphatic rings. The summed E-state index contributed by atoms with van der Waals surface area (Å²) < 4.78 is 6.82. The molecular formula is C13H22N2O2. The average Bonchev–Trinajstić information content (AvgIpc) is 2.62. The molecule has 0 bridgehead atoms. The van der Waals surface area contributed by atoms with Gasteiger partial charge < -0.3 is 4.74 Å². The van der Waals surface area contributed by atoms with Crippen molar-refractivity contribution < 1.29 is 9.53 Å². The number of carbonyl (C=O) groups excluding carboxylic acids is 1. The maximum atomic E-state index is 11.8. The Balaban J connectivity index is 3.12. The highest BCUT2D eigenvalue weighted by Gasteiger charge is 2.24. The van der Waals surface area contributed by atoms with Crippen molar-refractivity contribution in [2.75, 3.05) is 6.61 Å². The molecule has 96 valence electrons. The summed E-state index contributed by atoms with van der Waals surface area (Å²) in [6.45, 7) is 10.4. The Morgan fingerprint density at radius 1 is 1.41 bits per heavy atom. The SMILES string of the molecule is CCCc1cc(C(=O)OCC)n(C(C)(C)C)n1. The lowest BCUT2D eigenvalue weighted by molar-refractivity contribution is 0.0503. The smallest absolute Gasteiger partial charge is 0.356 e. The number of carbonyl (C=O) groups is 1. The molecule has 17 heavy (non-hydrogen) atoms. The van der Waals surface area contributed by atoms with Crippen LogP contribution in [0, 0.1) is 0 Å². The number of hydrogen-bond donors (Lipinski definition) is 0. The second-order valence-electron chi connectivity index (χ2n) is 5.07. The second kappa shape index (κ2) is 5.34. The van der Waals surface area contributed by atoms with Gasteiger partial charge in [-0.1, -0.05) is 13.3 Å². The van der Waals surface area contributed by atoms with E-state index in [0.29, 0.717) is 12.3 Å². The van der Waals surface area contributed by atoms with Crippen molar-refractivity contribution in [3.63, 3.8) is 0 Å². The first-order valence-corrected chi connectivity index (χ1v) is 6.16. The van der Waals surface area contributed by atoms with Gasteiger partial charge in [-0.15, -0.1) is 0 Å². The lowest BCUT2D eigenvalue weighted by Gasteiger charge is -2.21. The maximum Gasteiger partial charge on any atom is 0.356 e.